The van der Waals surface area contributed by atoms with Gasteiger partial charge in [0.25, 0.3) is 0 Å². The largest absolute Gasteiger partial charge is 0.394 e. The predicted molar refractivity (Wildman–Crippen MR) is 360 cm³/mol. The lowest BCUT2D eigenvalue weighted by Crippen LogP contribution is -2.65. The molecule has 88 heavy (non-hydrogen) atoms. The van der Waals surface area contributed by atoms with Gasteiger partial charge < -0.3 is 65.1 Å². The van der Waals surface area contributed by atoms with Crippen molar-refractivity contribution in [1.29, 1.82) is 0 Å². The van der Waals surface area contributed by atoms with Crippen LogP contribution in [0.2, 0.25) is 0 Å². The van der Waals surface area contributed by atoms with E-state index in [1.54, 1.807) is 6.08 Å². The summed E-state index contributed by atoms with van der Waals surface area (Å²) >= 11 is 0. The van der Waals surface area contributed by atoms with Gasteiger partial charge in [0, 0.05) is 6.42 Å². The molecule has 0 radical (unpaired) electrons. The quantitative estimate of drug-likeness (QED) is 0.0204. The Labute approximate surface area is 536 Å². The summed E-state index contributed by atoms with van der Waals surface area (Å²) < 4.78 is 22.8. The smallest absolute Gasteiger partial charge is 0.220 e. The van der Waals surface area contributed by atoms with Crippen LogP contribution in [0.5, 0.6) is 0 Å². The van der Waals surface area contributed by atoms with E-state index >= 15 is 0 Å². The van der Waals surface area contributed by atoms with Crippen LogP contribution in [-0.4, -0.2) is 140 Å². The Balaban J connectivity index is 1.64. The van der Waals surface area contributed by atoms with E-state index in [-0.39, 0.29) is 18.9 Å². The summed E-state index contributed by atoms with van der Waals surface area (Å²) in [6.45, 7) is 2.78. The van der Waals surface area contributed by atoms with Gasteiger partial charge in [-0.25, -0.2) is 0 Å². The Morgan fingerprint density at radius 3 is 1.19 bits per heavy atom. The van der Waals surface area contributed by atoms with E-state index in [4.69, 9.17) is 18.9 Å². The van der Waals surface area contributed by atoms with Gasteiger partial charge in [0.05, 0.1) is 32.0 Å². The number of allylic oxidation sites excluding steroid dienone is 11. The molecule has 0 aliphatic carbocycles. The molecule has 0 saturated carbocycles. The molecule has 2 rings (SSSR count). The van der Waals surface area contributed by atoms with Gasteiger partial charge >= 0.3 is 0 Å². The van der Waals surface area contributed by atoms with E-state index in [0.29, 0.717) is 12.8 Å². The zero-order valence-corrected chi connectivity index (χ0v) is 55.7. The molecule has 2 fully saturated rings. The maximum Gasteiger partial charge on any atom is 0.220 e. The maximum atomic E-state index is 13.3. The molecule has 0 spiro atoms. The van der Waals surface area contributed by atoms with Crippen molar-refractivity contribution in [2.24, 2.45) is 0 Å². The van der Waals surface area contributed by atoms with Gasteiger partial charge in [-0.15, -0.1) is 0 Å². The van der Waals surface area contributed by atoms with E-state index in [9.17, 15) is 45.6 Å². The Morgan fingerprint density at radius 1 is 0.409 bits per heavy atom. The van der Waals surface area contributed by atoms with Crippen molar-refractivity contribution in [2.45, 2.75) is 370 Å². The van der Waals surface area contributed by atoms with Crippen molar-refractivity contribution in [2.75, 3.05) is 19.8 Å². The highest BCUT2D eigenvalue weighted by Gasteiger charge is 2.51. The second kappa shape index (κ2) is 58.3. The van der Waals surface area contributed by atoms with E-state index in [1.807, 2.05) is 6.08 Å². The molecule has 14 nitrogen and oxygen atoms in total. The van der Waals surface area contributed by atoms with Gasteiger partial charge in [-0.05, 0) is 83.5 Å². The molecule has 2 aliphatic heterocycles. The lowest BCUT2D eigenvalue weighted by atomic mass is 9.97. The van der Waals surface area contributed by atoms with Crippen molar-refractivity contribution in [3.8, 4) is 0 Å². The Morgan fingerprint density at radius 2 is 0.761 bits per heavy atom. The summed E-state index contributed by atoms with van der Waals surface area (Å²) in [5.41, 5.74) is 0. The molecule has 12 unspecified atom stereocenters. The van der Waals surface area contributed by atoms with E-state index in [1.165, 1.54) is 205 Å². The van der Waals surface area contributed by atoms with Crippen LogP contribution in [0, 0.1) is 0 Å². The van der Waals surface area contributed by atoms with Gasteiger partial charge in [0.1, 0.15) is 48.8 Å². The average Bonchev–Trinajstić information content (AvgIpc) is 1.84. The first-order valence-electron chi connectivity index (χ1n) is 36.2. The molecule has 0 aromatic carbocycles. The number of nitrogens with one attached hydrogen (secondary N) is 1. The van der Waals surface area contributed by atoms with Crippen molar-refractivity contribution in [3.05, 3.63) is 72.9 Å². The first kappa shape index (κ1) is 81.5. The highest BCUT2D eigenvalue weighted by Crippen LogP contribution is 2.30. The zero-order valence-electron chi connectivity index (χ0n) is 55.7. The highest BCUT2D eigenvalue weighted by molar-refractivity contribution is 5.76. The number of aliphatic hydroxyl groups excluding tert-OH is 8. The molecule has 12 atom stereocenters. The monoisotopic (exact) mass is 1240 g/mol. The van der Waals surface area contributed by atoms with Crippen LogP contribution in [0.4, 0.5) is 0 Å². The second-order valence-electron chi connectivity index (χ2n) is 25.3. The third-order valence-corrected chi connectivity index (χ3v) is 17.3. The van der Waals surface area contributed by atoms with Crippen molar-refractivity contribution < 1.29 is 64.6 Å². The number of carbonyl (C=O) groups excluding carboxylic acids is 1. The molecule has 0 aromatic rings. The molecule has 2 aliphatic rings. The van der Waals surface area contributed by atoms with Gasteiger partial charge in [0.2, 0.25) is 5.91 Å². The number of rotatable bonds is 59. The van der Waals surface area contributed by atoms with Gasteiger partial charge in [-0.2, -0.15) is 0 Å². The van der Waals surface area contributed by atoms with Gasteiger partial charge in [-0.3, -0.25) is 4.79 Å². The summed E-state index contributed by atoms with van der Waals surface area (Å²) in [5.74, 6) is -0.251. The minimum atomic E-state index is -1.79. The third-order valence-electron chi connectivity index (χ3n) is 17.3. The summed E-state index contributed by atoms with van der Waals surface area (Å²) in [7, 11) is 0. The molecule has 2 saturated heterocycles. The lowest BCUT2D eigenvalue weighted by molar-refractivity contribution is -0.359. The standard InChI is InChI=1S/C74H133NO13/c1-3-5-7-9-11-13-15-17-19-21-23-24-25-26-27-28-29-30-31-32-33-34-35-36-37-38-40-42-44-46-48-50-52-54-56-58-66(79)75-62(63(78)57-55-53-51-49-47-45-43-41-39-22-20-18-16-14-12-10-8-6-4-2)61-85-73-71(84)69(82)72(65(60-77)87-73)88-74-70(83)68(81)67(80)64(59-76)86-74/h15,17,21,23,25-26,39,41,47,49,55,57,62-65,67-74,76-78,80-84H,3-14,16,18-20,22,24,27-38,40,42-46,48,50-54,56,58-61H2,1-2H3,(H,75,79)/b17-15-,23-21-,26-25-,41-39+,49-47+,57-55+. The molecule has 0 aromatic heterocycles. The summed E-state index contributed by atoms with van der Waals surface area (Å²) in [4.78, 5) is 13.3. The fourth-order valence-electron chi connectivity index (χ4n) is 11.6. The molecule has 512 valence electrons. The van der Waals surface area contributed by atoms with E-state index < -0.39 is 86.8 Å². The minimum Gasteiger partial charge on any atom is -0.394 e. The fraction of sp³-hybridized carbons (Fsp3) is 0.824. The van der Waals surface area contributed by atoms with Crippen molar-refractivity contribution in [3.63, 3.8) is 0 Å². The number of hydrogen-bond acceptors (Lipinski definition) is 13. The van der Waals surface area contributed by atoms with Crippen LogP contribution in [0.3, 0.4) is 0 Å². The molecular formula is C74H133NO13. The molecule has 14 heteroatoms. The van der Waals surface area contributed by atoms with Crippen molar-refractivity contribution >= 4 is 5.91 Å². The average molecular weight is 1240 g/mol. The number of amides is 1. The number of aliphatic hydroxyl groups is 8. The molecule has 9 N–H and O–H groups in total. The van der Waals surface area contributed by atoms with Gasteiger partial charge in [0.15, 0.2) is 12.6 Å². The predicted octanol–water partition coefficient (Wildman–Crippen LogP) is 15.0. The number of hydrogen-bond donors (Lipinski definition) is 9. The van der Waals surface area contributed by atoms with Crippen LogP contribution >= 0.6 is 0 Å². The lowest BCUT2D eigenvalue weighted by Gasteiger charge is -2.46. The summed E-state index contributed by atoms with van der Waals surface area (Å²) in [5, 5.41) is 87.4. The number of unbranched alkanes of at least 4 members (excludes halogenated alkanes) is 36. The van der Waals surface area contributed by atoms with Crippen LogP contribution in [0.15, 0.2) is 72.9 Å². The number of ether oxygens (including phenoxy) is 4. The topological polar surface area (TPSA) is 228 Å². The Bertz CT molecular complexity index is 1750. The minimum absolute atomic E-state index is 0.251. The molecular weight excluding hydrogens is 1110 g/mol. The van der Waals surface area contributed by atoms with E-state index in [0.717, 1.165) is 57.8 Å². The van der Waals surface area contributed by atoms with Gasteiger partial charge in [-0.1, -0.05) is 279 Å². The first-order chi connectivity index (χ1) is 43.1. The normalized spacial score (nSPS) is 23.6. The highest BCUT2D eigenvalue weighted by atomic mass is 16.7. The molecule has 2 heterocycles. The van der Waals surface area contributed by atoms with Crippen LogP contribution in [0.25, 0.3) is 0 Å². The number of carbonyl (C=O) groups is 1. The Hall–Kier alpha value is -2.57. The zero-order chi connectivity index (χ0) is 63.8. The Kier molecular flexibility index (Phi) is 54.0. The van der Waals surface area contributed by atoms with Crippen LogP contribution < -0.4 is 5.32 Å². The third kappa shape index (κ3) is 41.8. The maximum absolute atomic E-state index is 13.3. The second-order valence-corrected chi connectivity index (χ2v) is 25.3. The molecule has 0 bridgehead atoms. The van der Waals surface area contributed by atoms with Crippen LogP contribution in [-0.2, 0) is 23.7 Å². The fourth-order valence-corrected chi connectivity index (χ4v) is 11.6. The summed E-state index contributed by atoms with van der Waals surface area (Å²) in [6.07, 6.45) is 62.6. The SMILES string of the molecule is CCCCCCC/C=C\C/C=C\C/C=C\CCCCCCCCCCCCCCCCCCCCCCC(=O)NC(COC1OC(CO)C(OC2OC(CO)C(O)C(O)C2O)C(O)C1O)C(O)/C=C/CC/C=C/CC/C=C/CCCCCCCCCCC. The molecule has 1 amide bonds. The van der Waals surface area contributed by atoms with Crippen molar-refractivity contribution in [1.82, 2.24) is 5.32 Å². The summed E-state index contributed by atoms with van der Waals surface area (Å²) in [6, 6.07) is -0.940. The van der Waals surface area contributed by atoms with E-state index in [2.05, 4.69) is 79.9 Å². The van der Waals surface area contributed by atoms with Crippen LogP contribution in [0.1, 0.15) is 296 Å². The first-order valence-corrected chi connectivity index (χ1v) is 36.2.